The number of nitrogens with zero attached hydrogens (tertiary/aromatic N) is 1. The highest BCUT2D eigenvalue weighted by Crippen LogP contribution is 2.07. The Hall–Kier alpha value is -2.82. The maximum atomic E-state index is 12.1. The van der Waals surface area contributed by atoms with Crippen LogP contribution in [0.25, 0.3) is 0 Å². The number of benzene rings is 2. The van der Waals surface area contributed by atoms with Gasteiger partial charge in [-0.05, 0) is 23.3 Å². The molecule has 2 aromatic rings. The lowest BCUT2D eigenvalue weighted by Gasteiger charge is -2.18. The van der Waals surface area contributed by atoms with Gasteiger partial charge in [0.15, 0.2) is 0 Å². The highest BCUT2D eigenvalue weighted by Gasteiger charge is 2.09. The molecule has 0 unspecified atom stereocenters. The van der Waals surface area contributed by atoms with Crippen molar-refractivity contribution >= 4 is 11.9 Å². The third-order valence-corrected chi connectivity index (χ3v) is 3.50. The van der Waals surface area contributed by atoms with Crippen LogP contribution >= 0.6 is 0 Å². The summed E-state index contributed by atoms with van der Waals surface area (Å²) >= 11 is 0. The normalized spacial score (nSPS) is 10.0. The van der Waals surface area contributed by atoms with Crippen molar-refractivity contribution in [3.05, 3.63) is 71.3 Å². The average Bonchev–Trinajstić information content (AvgIpc) is 2.60. The fraction of sp³-hybridized carbons (Fsp3) is 0.222. The lowest BCUT2D eigenvalue weighted by molar-refractivity contribution is 0.0963. The summed E-state index contributed by atoms with van der Waals surface area (Å²) in [5.74, 6) is -0.120. The molecule has 0 aliphatic rings. The van der Waals surface area contributed by atoms with Crippen LogP contribution in [0.4, 0.5) is 4.79 Å². The van der Waals surface area contributed by atoms with Gasteiger partial charge in [0.05, 0.1) is 0 Å². The molecule has 5 nitrogen and oxygen atoms in total. The minimum atomic E-state index is -0.135. The number of carbonyl (C=O) groups is 2. The Morgan fingerprint density at radius 2 is 1.61 bits per heavy atom. The van der Waals surface area contributed by atoms with E-state index in [1.807, 2.05) is 42.5 Å². The van der Waals surface area contributed by atoms with Crippen molar-refractivity contribution in [1.82, 2.24) is 15.5 Å². The zero-order valence-corrected chi connectivity index (χ0v) is 13.4. The van der Waals surface area contributed by atoms with Gasteiger partial charge in [-0.25, -0.2) is 4.79 Å². The van der Waals surface area contributed by atoms with E-state index < -0.39 is 0 Å². The van der Waals surface area contributed by atoms with Crippen molar-refractivity contribution in [3.8, 4) is 0 Å². The first-order valence-corrected chi connectivity index (χ1v) is 7.44. The number of nitrogens with one attached hydrogen (secondary N) is 2. The summed E-state index contributed by atoms with van der Waals surface area (Å²) in [5.41, 5.74) is 2.63. The number of urea groups is 1. The summed E-state index contributed by atoms with van der Waals surface area (Å²) in [6.07, 6.45) is 0. The lowest BCUT2D eigenvalue weighted by atomic mass is 10.1. The van der Waals surface area contributed by atoms with Crippen LogP contribution in [-0.4, -0.2) is 30.9 Å². The molecule has 23 heavy (non-hydrogen) atoms. The monoisotopic (exact) mass is 311 g/mol. The van der Waals surface area contributed by atoms with Crippen LogP contribution in [0.15, 0.2) is 54.6 Å². The van der Waals surface area contributed by atoms with Crippen LogP contribution in [-0.2, 0) is 13.1 Å². The van der Waals surface area contributed by atoms with E-state index in [0.717, 1.165) is 11.1 Å². The van der Waals surface area contributed by atoms with Gasteiger partial charge in [-0.1, -0.05) is 42.5 Å². The van der Waals surface area contributed by atoms with Gasteiger partial charge in [0.1, 0.15) is 0 Å². The summed E-state index contributed by atoms with van der Waals surface area (Å²) < 4.78 is 0. The van der Waals surface area contributed by atoms with E-state index in [2.05, 4.69) is 10.6 Å². The molecule has 0 bridgehead atoms. The molecule has 2 aromatic carbocycles. The van der Waals surface area contributed by atoms with Crippen LogP contribution in [0, 0.1) is 0 Å². The maximum Gasteiger partial charge on any atom is 0.317 e. The van der Waals surface area contributed by atoms with E-state index in [-0.39, 0.29) is 11.9 Å². The maximum absolute atomic E-state index is 12.1. The molecule has 0 saturated heterocycles. The molecule has 0 aliphatic carbocycles. The summed E-state index contributed by atoms with van der Waals surface area (Å²) in [5, 5.41) is 5.46. The minimum absolute atomic E-state index is 0.120. The Kier molecular flexibility index (Phi) is 5.74. The van der Waals surface area contributed by atoms with E-state index in [4.69, 9.17) is 0 Å². The van der Waals surface area contributed by atoms with Gasteiger partial charge in [0, 0.05) is 32.7 Å². The predicted molar refractivity (Wildman–Crippen MR) is 90.0 cm³/mol. The average molecular weight is 311 g/mol. The zero-order valence-electron chi connectivity index (χ0n) is 13.4. The molecule has 2 rings (SSSR count). The standard InChI is InChI=1S/C18H21N3O2/c1-19-17(22)16-10-8-15(9-11-16)13-21(2)18(23)20-12-14-6-4-3-5-7-14/h3-11H,12-13H2,1-2H3,(H,19,22)(H,20,23). The van der Waals surface area contributed by atoms with E-state index >= 15 is 0 Å². The zero-order chi connectivity index (χ0) is 16.7. The highest BCUT2D eigenvalue weighted by atomic mass is 16.2. The van der Waals surface area contributed by atoms with Crippen LogP contribution in [0.5, 0.6) is 0 Å². The van der Waals surface area contributed by atoms with Gasteiger partial charge in [-0.2, -0.15) is 0 Å². The molecule has 0 atom stereocenters. The van der Waals surface area contributed by atoms with Gasteiger partial charge < -0.3 is 15.5 Å². The predicted octanol–water partition coefficient (Wildman–Crippen LogP) is 2.39. The van der Waals surface area contributed by atoms with Crippen molar-refractivity contribution in [2.75, 3.05) is 14.1 Å². The molecule has 0 spiro atoms. The second kappa shape index (κ2) is 7.98. The Morgan fingerprint density at radius 1 is 0.957 bits per heavy atom. The molecular weight excluding hydrogens is 290 g/mol. The van der Waals surface area contributed by atoms with E-state index in [9.17, 15) is 9.59 Å². The summed E-state index contributed by atoms with van der Waals surface area (Å²) in [6.45, 7) is 0.980. The third-order valence-electron chi connectivity index (χ3n) is 3.50. The summed E-state index contributed by atoms with van der Waals surface area (Å²) in [7, 11) is 3.34. The largest absolute Gasteiger partial charge is 0.355 e. The van der Waals surface area contributed by atoms with E-state index in [0.29, 0.717) is 18.7 Å². The van der Waals surface area contributed by atoms with E-state index in [1.54, 1.807) is 31.1 Å². The molecule has 0 aliphatic heterocycles. The van der Waals surface area contributed by atoms with Gasteiger partial charge in [0.2, 0.25) is 0 Å². The number of hydrogen-bond acceptors (Lipinski definition) is 2. The van der Waals surface area contributed by atoms with Crippen molar-refractivity contribution in [2.24, 2.45) is 0 Å². The SMILES string of the molecule is CNC(=O)c1ccc(CN(C)C(=O)NCc2ccccc2)cc1. The van der Waals surface area contributed by atoms with Crippen molar-refractivity contribution in [1.29, 1.82) is 0 Å². The molecule has 0 heterocycles. The van der Waals surface area contributed by atoms with Crippen LogP contribution in [0.2, 0.25) is 0 Å². The van der Waals surface area contributed by atoms with Crippen LogP contribution in [0.1, 0.15) is 21.5 Å². The van der Waals surface area contributed by atoms with Crippen molar-refractivity contribution in [3.63, 3.8) is 0 Å². The quantitative estimate of drug-likeness (QED) is 0.890. The Bertz CT molecular complexity index is 654. The molecular formula is C18H21N3O2. The molecule has 5 heteroatoms. The first-order valence-electron chi connectivity index (χ1n) is 7.44. The highest BCUT2D eigenvalue weighted by molar-refractivity contribution is 5.93. The van der Waals surface area contributed by atoms with Crippen LogP contribution < -0.4 is 10.6 Å². The smallest absolute Gasteiger partial charge is 0.317 e. The number of rotatable bonds is 5. The van der Waals surface area contributed by atoms with Gasteiger partial charge in [0.25, 0.3) is 5.91 Å². The first kappa shape index (κ1) is 16.5. The Balaban J connectivity index is 1.86. The van der Waals surface area contributed by atoms with Gasteiger partial charge >= 0.3 is 6.03 Å². The topological polar surface area (TPSA) is 61.4 Å². The molecule has 0 aromatic heterocycles. The summed E-state index contributed by atoms with van der Waals surface area (Å²) in [4.78, 5) is 25.2. The molecule has 120 valence electrons. The minimum Gasteiger partial charge on any atom is -0.355 e. The lowest BCUT2D eigenvalue weighted by Crippen LogP contribution is -2.36. The molecule has 0 saturated carbocycles. The number of hydrogen-bond donors (Lipinski definition) is 2. The number of amides is 3. The molecule has 2 N–H and O–H groups in total. The second-order valence-electron chi connectivity index (χ2n) is 5.28. The fourth-order valence-electron chi connectivity index (χ4n) is 2.16. The van der Waals surface area contributed by atoms with Crippen molar-refractivity contribution in [2.45, 2.75) is 13.1 Å². The molecule has 0 fully saturated rings. The van der Waals surface area contributed by atoms with Crippen LogP contribution in [0.3, 0.4) is 0 Å². The number of carbonyl (C=O) groups excluding carboxylic acids is 2. The fourth-order valence-corrected chi connectivity index (χ4v) is 2.16. The van der Waals surface area contributed by atoms with Crippen molar-refractivity contribution < 1.29 is 9.59 Å². The molecule has 3 amide bonds. The Labute approximate surface area is 136 Å². The van der Waals surface area contributed by atoms with E-state index in [1.165, 1.54) is 0 Å². The first-order chi connectivity index (χ1) is 11.1. The molecule has 0 radical (unpaired) electrons. The Morgan fingerprint density at radius 3 is 2.22 bits per heavy atom. The second-order valence-corrected chi connectivity index (χ2v) is 5.28. The van der Waals surface area contributed by atoms with Gasteiger partial charge in [-0.3, -0.25) is 4.79 Å². The third kappa shape index (κ3) is 4.85. The summed E-state index contributed by atoms with van der Waals surface area (Å²) in [6, 6.07) is 16.8. The van der Waals surface area contributed by atoms with Gasteiger partial charge in [-0.15, -0.1) is 0 Å².